The molecule has 0 aliphatic carbocycles. The van der Waals surface area contributed by atoms with E-state index in [0.29, 0.717) is 6.61 Å². The molecule has 1 atom stereocenters. The Hall–Kier alpha value is -2.10. The zero-order valence-electron chi connectivity index (χ0n) is 12.2. The number of rotatable bonds is 6. The number of hydrogen-bond donors (Lipinski definition) is 1. The van der Waals surface area contributed by atoms with Gasteiger partial charge in [-0.1, -0.05) is 25.1 Å². The van der Waals surface area contributed by atoms with Gasteiger partial charge in [-0.05, 0) is 43.2 Å². The van der Waals surface area contributed by atoms with Crippen molar-refractivity contribution in [2.75, 3.05) is 11.9 Å². The highest BCUT2D eigenvalue weighted by Crippen LogP contribution is 2.24. The average Bonchev–Trinajstić information content (AvgIpc) is 2.50. The molecule has 0 aliphatic heterocycles. The predicted octanol–water partition coefficient (Wildman–Crippen LogP) is 4.93. The predicted molar refractivity (Wildman–Crippen MR) is 80.6 cm³/mol. The molecule has 0 saturated heterocycles. The maximum absolute atomic E-state index is 13.6. The van der Waals surface area contributed by atoms with Crippen LogP contribution < -0.4 is 10.1 Å². The quantitative estimate of drug-likeness (QED) is 0.815. The van der Waals surface area contributed by atoms with Gasteiger partial charge in [0.1, 0.15) is 5.75 Å². The van der Waals surface area contributed by atoms with E-state index in [2.05, 4.69) is 5.32 Å². The van der Waals surface area contributed by atoms with Gasteiger partial charge in [0.15, 0.2) is 11.6 Å². The second-order valence-corrected chi connectivity index (χ2v) is 4.88. The zero-order chi connectivity index (χ0) is 15.2. The Bertz CT molecular complexity index is 584. The third-order valence-corrected chi connectivity index (χ3v) is 3.18. The largest absolute Gasteiger partial charge is 0.494 e. The van der Waals surface area contributed by atoms with Crippen molar-refractivity contribution in [2.45, 2.75) is 26.3 Å². The third kappa shape index (κ3) is 3.94. The highest BCUT2D eigenvalue weighted by molar-refractivity contribution is 5.47. The zero-order valence-corrected chi connectivity index (χ0v) is 12.2. The van der Waals surface area contributed by atoms with Crippen LogP contribution in [0.25, 0.3) is 0 Å². The molecule has 0 heterocycles. The summed E-state index contributed by atoms with van der Waals surface area (Å²) in [5, 5.41) is 2.97. The molecule has 1 N–H and O–H groups in total. The lowest BCUT2D eigenvalue weighted by Gasteiger charge is -2.17. The summed E-state index contributed by atoms with van der Waals surface area (Å²) in [7, 11) is 0. The van der Waals surface area contributed by atoms with Crippen molar-refractivity contribution < 1.29 is 13.5 Å². The Kier molecular flexibility index (Phi) is 5.14. The summed E-state index contributed by atoms with van der Waals surface area (Å²) < 4.78 is 32.3. The smallest absolute Gasteiger partial charge is 0.181 e. The number of hydrogen-bond acceptors (Lipinski definition) is 2. The number of nitrogens with one attached hydrogen (secondary N) is 1. The summed E-state index contributed by atoms with van der Waals surface area (Å²) in [6.45, 7) is 4.63. The first-order valence-electron chi connectivity index (χ1n) is 7.05. The van der Waals surface area contributed by atoms with Gasteiger partial charge in [-0.2, -0.15) is 0 Å². The molecule has 0 bridgehead atoms. The molecule has 0 radical (unpaired) electrons. The molecule has 4 heteroatoms. The van der Waals surface area contributed by atoms with Crippen LogP contribution in [-0.4, -0.2) is 6.61 Å². The van der Waals surface area contributed by atoms with Crippen LogP contribution in [-0.2, 0) is 0 Å². The maximum atomic E-state index is 13.6. The lowest BCUT2D eigenvalue weighted by Crippen LogP contribution is -2.08. The van der Waals surface area contributed by atoms with E-state index in [4.69, 9.17) is 4.74 Å². The fraction of sp³-hybridized carbons (Fsp3) is 0.294. The van der Waals surface area contributed by atoms with Gasteiger partial charge in [0.05, 0.1) is 12.3 Å². The second kappa shape index (κ2) is 7.07. The normalized spacial score (nSPS) is 12.0. The molecule has 2 rings (SSSR count). The highest BCUT2D eigenvalue weighted by Gasteiger charge is 2.11. The topological polar surface area (TPSA) is 21.3 Å². The fourth-order valence-electron chi connectivity index (χ4n) is 2.00. The SMILES string of the molecule is CCCOc1ccc(C(C)Nc2cccc(F)c2F)cc1. The van der Waals surface area contributed by atoms with Crippen LogP contribution in [0.1, 0.15) is 31.9 Å². The Labute approximate surface area is 123 Å². The van der Waals surface area contributed by atoms with Gasteiger partial charge >= 0.3 is 0 Å². The molecule has 112 valence electrons. The first kappa shape index (κ1) is 15.3. The van der Waals surface area contributed by atoms with E-state index < -0.39 is 11.6 Å². The van der Waals surface area contributed by atoms with E-state index in [1.54, 1.807) is 0 Å². The Morgan fingerprint density at radius 3 is 2.48 bits per heavy atom. The molecule has 1 unspecified atom stereocenters. The Morgan fingerprint density at radius 1 is 1.10 bits per heavy atom. The van der Waals surface area contributed by atoms with Crippen LogP contribution in [0.2, 0.25) is 0 Å². The van der Waals surface area contributed by atoms with Crippen LogP contribution in [0.15, 0.2) is 42.5 Å². The van der Waals surface area contributed by atoms with Crippen LogP contribution in [0.3, 0.4) is 0 Å². The van der Waals surface area contributed by atoms with Crippen LogP contribution in [0.5, 0.6) is 5.75 Å². The summed E-state index contributed by atoms with van der Waals surface area (Å²) >= 11 is 0. The van der Waals surface area contributed by atoms with Crippen molar-refractivity contribution in [3.8, 4) is 5.75 Å². The molecule has 0 aliphatic rings. The summed E-state index contributed by atoms with van der Waals surface area (Å²) in [4.78, 5) is 0. The highest BCUT2D eigenvalue weighted by atomic mass is 19.2. The first-order valence-corrected chi connectivity index (χ1v) is 7.05. The Balaban J connectivity index is 2.06. The van der Waals surface area contributed by atoms with Gasteiger partial charge in [-0.3, -0.25) is 0 Å². The first-order chi connectivity index (χ1) is 10.1. The van der Waals surface area contributed by atoms with E-state index in [1.165, 1.54) is 12.1 Å². The summed E-state index contributed by atoms with van der Waals surface area (Å²) in [5.41, 5.74) is 1.14. The van der Waals surface area contributed by atoms with Crippen LogP contribution in [0.4, 0.5) is 14.5 Å². The molecule has 2 aromatic rings. The van der Waals surface area contributed by atoms with Gasteiger partial charge in [-0.15, -0.1) is 0 Å². The summed E-state index contributed by atoms with van der Waals surface area (Å²) in [6, 6.07) is 11.6. The third-order valence-electron chi connectivity index (χ3n) is 3.18. The molecule has 0 aromatic heterocycles. The molecule has 0 saturated carbocycles. The van der Waals surface area contributed by atoms with Gasteiger partial charge in [0.25, 0.3) is 0 Å². The standard InChI is InChI=1S/C17H19F2NO/c1-3-11-21-14-9-7-13(8-10-14)12(2)20-16-6-4-5-15(18)17(16)19/h4-10,12,20H,3,11H2,1-2H3. The Morgan fingerprint density at radius 2 is 1.81 bits per heavy atom. The molecule has 2 nitrogen and oxygen atoms in total. The minimum absolute atomic E-state index is 0.137. The van der Waals surface area contributed by atoms with Crippen molar-refractivity contribution in [3.63, 3.8) is 0 Å². The van der Waals surface area contributed by atoms with E-state index >= 15 is 0 Å². The minimum atomic E-state index is -0.854. The van der Waals surface area contributed by atoms with Gasteiger partial charge in [0.2, 0.25) is 0 Å². The van der Waals surface area contributed by atoms with Crippen LogP contribution >= 0.6 is 0 Å². The molecule has 0 amide bonds. The van der Waals surface area contributed by atoms with Crippen molar-refractivity contribution >= 4 is 5.69 Å². The second-order valence-electron chi connectivity index (χ2n) is 4.88. The van der Waals surface area contributed by atoms with Crippen molar-refractivity contribution in [3.05, 3.63) is 59.7 Å². The number of halogens is 2. The molecular weight excluding hydrogens is 272 g/mol. The summed E-state index contributed by atoms with van der Waals surface area (Å²) in [5.74, 6) is -0.896. The molecule has 2 aromatic carbocycles. The van der Waals surface area contributed by atoms with Gasteiger partial charge in [-0.25, -0.2) is 8.78 Å². The lowest BCUT2D eigenvalue weighted by atomic mass is 10.1. The van der Waals surface area contributed by atoms with Crippen molar-refractivity contribution in [2.24, 2.45) is 0 Å². The van der Waals surface area contributed by atoms with E-state index in [9.17, 15) is 8.78 Å². The minimum Gasteiger partial charge on any atom is -0.494 e. The average molecular weight is 291 g/mol. The number of ether oxygens (including phenoxy) is 1. The maximum Gasteiger partial charge on any atom is 0.181 e. The van der Waals surface area contributed by atoms with Crippen molar-refractivity contribution in [1.82, 2.24) is 0 Å². The number of benzene rings is 2. The van der Waals surface area contributed by atoms with Gasteiger partial charge in [0, 0.05) is 6.04 Å². The lowest BCUT2D eigenvalue weighted by molar-refractivity contribution is 0.317. The molecular formula is C17H19F2NO. The van der Waals surface area contributed by atoms with E-state index in [-0.39, 0.29) is 11.7 Å². The molecule has 0 spiro atoms. The monoisotopic (exact) mass is 291 g/mol. The number of anilines is 1. The summed E-state index contributed by atoms with van der Waals surface area (Å²) in [6.07, 6.45) is 0.957. The molecule has 21 heavy (non-hydrogen) atoms. The van der Waals surface area contributed by atoms with Crippen LogP contribution in [0, 0.1) is 11.6 Å². The fourth-order valence-corrected chi connectivity index (χ4v) is 2.00. The molecule has 0 fully saturated rings. The van der Waals surface area contributed by atoms with E-state index in [1.807, 2.05) is 38.1 Å². The van der Waals surface area contributed by atoms with Gasteiger partial charge < -0.3 is 10.1 Å². The van der Waals surface area contributed by atoms with Crippen molar-refractivity contribution in [1.29, 1.82) is 0 Å². The van der Waals surface area contributed by atoms with E-state index in [0.717, 1.165) is 23.8 Å².